The summed E-state index contributed by atoms with van der Waals surface area (Å²) in [6.07, 6.45) is 2.01. The van der Waals surface area contributed by atoms with Crippen molar-refractivity contribution in [1.82, 2.24) is 10.2 Å². The Bertz CT molecular complexity index is 519. The molecule has 26 heavy (non-hydrogen) atoms. The van der Waals surface area contributed by atoms with Crippen molar-refractivity contribution in [3.63, 3.8) is 0 Å². The van der Waals surface area contributed by atoms with Crippen LogP contribution in [-0.4, -0.2) is 64.5 Å². The Kier molecular flexibility index (Phi) is 11.4. The van der Waals surface area contributed by atoms with E-state index in [9.17, 15) is 0 Å². The molecule has 1 aliphatic heterocycles. The maximum atomic E-state index is 5.74. The van der Waals surface area contributed by atoms with E-state index in [1.165, 1.54) is 0 Å². The number of rotatable bonds is 9. The Morgan fingerprint density at radius 1 is 1.31 bits per heavy atom. The van der Waals surface area contributed by atoms with Gasteiger partial charge in [0.15, 0.2) is 5.96 Å². The Morgan fingerprint density at radius 3 is 2.65 bits per heavy atom. The molecule has 0 saturated carbocycles. The van der Waals surface area contributed by atoms with Gasteiger partial charge in [0.25, 0.3) is 0 Å². The van der Waals surface area contributed by atoms with Crippen molar-refractivity contribution in [2.75, 3.05) is 53.6 Å². The molecule has 7 heteroatoms. The lowest BCUT2D eigenvalue weighted by atomic mass is 10.1. The van der Waals surface area contributed by atoms with Crippen LogP contribution in [0, 0.1) is 5.92 Å². The minimum absolute atomic E-state index is 0. The van der Waals surface area contributed by atoms with Gasteiger partial charge in [0.2, 0.25) is 0 Å². The Balaban J connectivity index is 0.00000338. The molecule has 6 nitrogen and oxygen atoms in total. The van der Waals surface area contributed by atoms with Gasteiger partial charge in [-0.2, -0.15) is 0 Å². The summed E-state index contributed by atoms with van der Waals surface area (Å²) >= 11 is 0. The quantitative estimate of drug-likeness (QED) is 0.257. The molecular formula is C19H32IN3O3. The number of hydrogen-bond acceptors (Lipinski definition) is 4. The van der Waals surface area contributed by atoms with Gasteiger partial charge in [0.05, 0.1) is 20.3 Å². The smallest absolute Gasteiger partial charge is 0.193 e. The van der Waals surface area contributed by atoms with Crippen molar-refractivity contribution < 1.29 is 14.2 Å². The molecule has 1 saturated heterocycles. The second kappa shape index (κ2) is 13.0. The highest BCUT2D eigenvalue weighted by molar-refractivity contribution is 14.0. The van der Waals surface area contributed by atoms with E-state index in [2.05, 4.69) is 24.2 Å². The number of nitrogens with one attached hydrogen (secondary N) is 1. The maximum absolute atomic E-state index is 5.74. The normalized spacial score (nSPS) is 16.7. The van der Waals surface area contributed by atoms with E-state index in [-0.39, 0.29) is 24.0 Å². The first-order valence-corrected chi connectivity index (χ1v) is 9.07. The minimum Gasteiger partial charge on any atom is -0.497 e. The molecule has 0 aromatic heterocycles. The second-order valence-corrected chi connectivity index (χ2v) is 6.22. The lowest BCUT2D eigenvalue weighted by molar-refractivity contribution is 0.181. The van der Waals surface area contributed by atoms with E-state index in [4.69, 9.17) is 19.2 Å². The largest absolute Gasteiger partial charge is 0.497 e. The highest BCUT2D eigenvalue weighted by Crippen LogP contribution is 2.17. The molecule has 0 bridgehead atoms. The van der Waals surface area contributed by atoms with Gasteiger partial charge in [-0.1, -0.05) is 0 Å². The number of guanidine groups is 1. The molecule has 1 fully saturated rings. The summed E-state index contributed by atoms with van der Waals surface area (Å²) in [5.41, 5.74) is 0. The average molecular weight is 477 g/mol. The van der Waals surface area contributed by atoms with Crippen LogP contribution in [-0.2, 0) is 4.74 Å². The summed E-state index contributed by atoms with van der Waals surface area (Å²) in [6.45, 7) is 7.07. The third-order valence-corrected chi connectivity index (χ3v) is 4.14. The Labute approximate surface area is 174 Å². The highest BCUT2D eigenvalue weighted by Gasteiger charge is 2.18. The molecule has 1 aromatic carbocycles. The number of halogens is 1. The van der Waals surface area contributed by atoms with Crippen molar-refractivity contribution >= 4 is 29.9 Å². The molecule has 1 atom stereocenters. The third-order valence-electron chi connectivity index (χ3n) is 4.14. The van der Waals surface area contributed by atoms with Crippen LogP contribution in [0.4, 0.5) is 0 Å². The van der Waals surface area contributed by atoms with Gasteiger partial charge >= 0.3 is 0 Å². The average Bonchev–Trinajstić information content (AvgIpc) is 3.14. The van der Waals surface area contributed by atoms with E-state index >= 15 is 0 Å². The Hall–Kier alpha value is -1.22. The second-order valence-electron chi connectivity index (χ2n) is 6.22. The van der Waals surface area contributed by atoms with Crippen molar-refractivity contribution in [1.29, 1.82) is 0 Å². The summed E-state index contributed by atoms with van der Waals surface area (Å²) in [4.78, 5) is 6.91. The van der Waals surface area contributed by atoms with Crippen LogP contribution in [0.3, 0.4) is 0 Å². The van der Waals surface area contributed by atoms with Crippen LogP contribution in [0.15, 0.2) is 29.3 Å². The summed E-state index contributed by atoms with van der Waals surface area (Å²) in [6, 6.07) is 7.64. The first kappa shape index (κ1) is 22.8. The highest BCUT2D eigenvalue weighted by atomic mass is 127. The van der Waals surface area contributed by atoms with Gasteiger partial charge in [-0.05, 0) is 37.6 Å². The van der Waals surface area contributed by atoms with Crippen LogP contribution < -0.4 is 14.8 Å². The summed E-state index contributed by atoms with van der Waals surface area (Å²) in [7, 11) is 3.75. The zero-order valence-electron chi connectivity index (χ0n) is 16.1. The topological polar surface area (TPSA) is 55.3 Å². The predicted molar refractivity (Wildman–Crippen MR) is 116 cm³/mol. The van der Waals surface area contributed by atoms with Gasteiger partial charge < -0.3 is 24.4 Å². The lowest BCUT2D eigenvalue weighted by Gasteiger charge is -2.24. The minimum atomic E-state index is 0. The number of methoxy groups -OCH3 is 1. The van der Waals surface area contributed by atoms with Crippen LogP contribution in [0.1, 0.15) is 19.8 Å². The molecule has 1 aromatic rings. The lowest BCUT2D eigenvalue weighted by Crippen LogP contribution is -2.41. The summed E-state index contributed by atoms with van der Waals surface area (Å²) in [5.74, 6) is 3.25. The molecule has 0 spiro atoms. The van der Waals surface area contributed by atoms with E-state index in [1.54, 1.807) is 7.11 Å². The molecule has 0 radical (unpaired) electrons. The number of hydrogen-bond donors (Lipinski definition) is 1. The van der Waals surface area contributed by atoms with E-state index < -0.39 is 0 Å². The molecule has 1 heterocycles. The molecule has 0 aliphatic carbocycles. The molecule has 2 rings (SSSR count). The molecule has 1 N–H and O–H groups in total. The number of ether oxygens (including phenoxy) is 3. The van der Waals surface area contributed by atoms with E-state index in [1.807, 2.05) is 24.3 Å². The van der Waals surface area contributed by atoms with E-state index in [0.29, 0.717) is 12.5 Å². The van der Waals surface area contributed by atoms with Crippen molar-refractivity contribution in [2.45, 2.75) is 19.8 Å². The fraction of sp³-hybridized carbons (Fsp3) is 0.632. The SMILES string of the molecule is CCNC(=NCCCOc1ccc(OC)cc1)N(C)CC1CCOC1.I. The summed E-state index contributed by atoms with van der Waals surface area (Å²) in [5, 5.41) is 3.36. The van der Waals surface area contributed by atoms with Crippen molar-refractivity contribution in [2.24, 2.45) is 10.9 Å². The fourth-order valence-corrected chi connectivity index (χ4v) is 2.78. The van der Waals surface area contributed by atoms with Gasteiger partial charge in [-0.3, -0.25) is 4.99 Å². The zero-order chi connectivity index (χ0) is 17.9. The van der Waals surface area contributed by atoms with Crippen LogP contribution >= 0.6 is 24.0 Å². The number of aliphatic imine (C=N–C) groups is 1. The Morgan fingerprint density at radius 2 is 2.04 bits per heavy atom. The number of benzene rings is 1. The first-order chi connectivity index (χ1) is 12.2. The van der Waals surface area contributed by atoms with Crippen molar-refractivity contribution in [3.05, 3.63) is 24.3 Å². The standard InChI is InChI=1S/C19H31N3O3.HI/c1-4-20-19(22(2)14-16-10-13-24-15-16)21-11-5-12-25-18-8-6-17(23-3)7-9-18;/h6-9,16H,4-5,10-15H2,1-3H3,(H,20,21);1H. The monoisotopic (exact) mass is 477 g/mol. The zero-order valence-corrected chi connectivity index (χ0v) is 18.4. The molecular weight excluding hydrogens is 445 g/mol. The van der Waals surface area contributed by atoms with Crippen LogP contribution in [0.5, 0.6) is 11.5 Å². The molecule has 148 valence electrons. The van der Waals surface area contributed by atoms with Gasteiger partial charge in [-0.25, -0.2) is 0 Å². The van der Waals surface area contributed by atoms with Gasteiger partial charge in [-0.15, -0.1) is 24.0 Å². The first-order valence-electron chi connectivity index (χ1n) is 9.07. The molecule has 0 amide bonds. The predicted octanol–water partition coefficient (Wildman–Crippen LogP) is 3.02. The van der Waals surface area contributed by atoms with Crippen LogP contribution in [0.25, 0.3) is 0 Å². The van der Waals surface area contributed by atoms with Gasteiger partial charge in [0, 0.05) is 45.6 Å². The van der Waals surface area contributed by atoms with Crippen molar-refractivity contribution in [3.8, 4) is 11.5 Å². The summed E-state index contributed by atoms with van der Waals surface area (Å²) < 4.78 is 16.3. The molecule has 1 aliphatic rings. The maximum Gasteiger partial charge on any atom is 0.193 e. The van der Waals surface area contributed by atoms with Gasteiger partial charge in [0.1, 0.15) is 11.5 Å². The third kappa shape index (κ3) is 7.99. The van der Waals surface area contributed by atoms with Crippen LogP contribution in [0.2, 0.25) is 0 Å². The molecule has 1 unspecified atom stereocenters. The van der Waals surface area contributed by atoms with E-state index in [0.717, 1.165) is 63.1 Å². The fourth-order valence-electron chi connectivity index (χ4n) is 2.78. The number of nitrogens with zero attached hydrogens (tertiary/aromatic N) is 2.